The van der Waals surface area contributed by atoms with Crippen molar-refractivity contribution in [3.05, 3.63) is 41.7 Å². The second-order valence-electron chi connectivity index (χ2n) is 9.56. The summed E-state index contributed by atoms with van der Waals surface area (Å²) in [5.74, 6) is 1.87. The summed E-state index contributed by atoms with van der Waals surface area (Å²) in [6.45, 7) is 11.9. The number of aryl methyl sites for hydroxylation is 1. The summed E-state index contributed by atoms with van der Waals surface area (Å²) >= 11 is 0. The zero-order valence-corrected chi connectivity index (χ0v) is 19.0. The molecule has 0 unspecified atom stereocenters. The van der Waals surface area contributed by atoms with E-state index in [0.29, 0.717) is 5.54 Å². The average molecular weight is 434 g/mol. The number of anilines is 2. The highest BCUT2D eigenvalue weighted by Gasteiger charge is 2.45. The minimum Gasteiger partial charge on any atom is -0.439 e. The Morgan fingerprint density at radius 3 is 2.69 bits per heavy atom. The molecular formula is C24H31N7O. The van der Waals surface area contributed by atoms with Gasteiger partial charge in [0.1, 0.15) is 17.7 Å². The van der Waals surface area contributed by atoms with Crippen LogP contribution < -0.4 is 15.1 Å². The molecule has 2 aromatic heterocycles. The van der Waals surface area contributed by atoms with Gasteiger partial charge in [0.15, 0.2) is 5.58 Å². The monoisotopic (exact) mass is 433 g/mol. The van der Waals surface area contributed by atoms with Gasteiger partial charge in [0.25, 0.3) is 0 Å². The lowest BCUT2D eigenvalue weighted by molar-refractivity contribution is 0.228. The highest BCUT2D eigenvalue weighted by atomic mass is 16.3. The van der Waals surface area contributed by atoms with Crippen LogP contribution in [0.4, 0.5) is 11.5 Å². The van der Waals surface area contributed by atoms with Gasteiger partial charge >= 0.3 is 0 Å². The molecule has 4 heterocycles. The molecule has 3 aliphatic rings. The fourth-order valence-corrected chi connectivity index (χ4v) is 5.04. The molecule has 1 spiro atoms. The Labute approximate surface area is 188 Å². The molecule has 32 heavy (non-hydrogen) atoms. The van der Waals surface area contributed by atoms with E-state index >= 15 is 0 Å². The fourth-order valence-electron chi connectivity index (χ4n) is 5.04. The van der Waals surface area contributed by atoms with Gasteiger partial charge in [-0.1, -0.05) is 0 Å². The second kappa shape index (κ2) is 7.71. The molecule has 168 valence electrons. The topological polar surface area (TPSA) is 73.6 Å². The lowest BCUT2D eigenvalue weighted by Crippen LogP contribution is -2.52. The van der Waals surface area contributed by atoms with E-state index in [1.54, 1.807) is 6.33 Å². The molecule has 3 fully saturated rings. The Kier molecular flexibility index (Phi) is 4.80. The Hall–Kier alpha value is -2.71. The van der Waals surface area contributed by atoms with Gasteiger partial charge in [0.05, 0.1) is 6.54 Å². The Bertz CT molecular complexity index is 1130. The molecule has 1 N–H and O–H groups in total. The van der Waals surface area contributed by atoms with Crippen LogP contribution in [0.25, 0.3) is 11.1 Å². The van der Waals surface area contributed by atoms with E-state index in [-0.39, 0.29) is 0 Å². The van der Waals surface area contributed by atoms with Crippen LogP contribution in [0.3, 0.4) is 0 Å². The molecule has 2 aliphatic heterocycles. The van der Waals surface area contributed by atoms with Crippen molar-refractivity contribution in [2.75, 3.05) is 55.6 Å². The number of nitrogens with one attached hydrogen (secondary N) is 1. The van der Waals surface area contributed by atoms with Crippen molar-refractivity contribution in [1.82, 2.24) is 25.2 Å². The van der Waals surface area contributed by atoms with Gasteiger partial charge < -0.3 is 19.5 Å². The number of hydrogen-bond donors (Lipinski definition) is 1. The molecule has 3 aromatic rings. The van der Waals surface area contributed by atoms with Gasteiger partial charge in [0.2, 0.25) is 5.89 Å². The maximum Gasteiger partial charge on any atom is 0.209 e. The van der Waals surface area contributed by atoms with Crippen molar-refractivity contribution in [2.45, 2.75) is 38.8 Å². The highest BCUT2D eigenvalue weighted by molar-refractivity contribution is 5.77. The van der Waals surface area contributed by atoms with E-state index in [1.807, 2.05) is 6.92 Å². The molecule has 8 nitrogen and oxygen atoms in total. The van der Waals surface area contributed by atoms with Crippen LogP contribution >= 0.6 is 0 Å². The molecule has 0 amide bonds. The van der Waals surface area contributed by atoms with Crippen molar-refractivity contribution in [2.24, 2.45) is 0 Å². The number of hydrogen-bond acceptors (Lipinski definition) is 8. The molecule has 1 aromatic carbocycles. The average Bonchev–Trinajstić information content (AvgIpc) is 3.42. The Morgan fingerprint density at radius 1 is 1.03 bits per heavy atom. The quantitative estimate of drug-likeness (QED) is 0.673. The van der Waals surface area contributed by atoms with E-state index in [0.717, 1.165) is 80.9 Å². The van der Waals surface area contributed by atoms with Crippen molar-refractivity contribution >= 4 is 22.6 Å². The predicted molar refractivity (Wildman–Crippen MR) is 125 cm³/mol. The smallest absolute Gasteiger partial charge is 0.209 e. The zero-order chi connectivity index (χ0) is 21.7. The first-order valence-electron chi connectivity index (χ1n) is 11.7. The molecule has 1 saturated carbocycles. The van der Waals surface area contributed by atoms with E-state index in [4.69, 9.17) is 9.40 Å². The number of fused-ring (bicyclic) bond motifs is 1. The van der Waals surface area contributed by atoms with E-state index in [9.17, 15) is 0 Å². The van der Waals surface area contributed by atoms with Gasteiger partial charge in [-0.25, -0.2) is 15.0 Å². The number of aromatic nitrogens is 3. The summed E-state index contributed by atoms with van der Waals surface area (Å²) in [5.41, 5.74) is 5.68. The molecule has 2 saturated heterocycles. The van der Waals surface area contributed by atoms with Crippen LogP contribution in [-0.2, 0) is 6.54 Å². The largest absolute Gasteiger partial charge is 0.439 e. The number of rotatable bonds is 4. The first kappa shape index (κ1) is 19.9. The van der Waals surface area contributed by atoms with Crippen LogP contribution in [-0.4, -0.2) is 71.2 Å². The molecule has 6 rings (SSSR count). The number of oxazole rings is 1. The van der Waals surface area contributed by atoms with E-state index in [1.165, 1.54) is 24.1 Å². The minimum atomic E-state index is 0.366. The van der Waals surface area contributed by atoms with Crippen LogP contribution in [0.5, 0.6) is 0 Å². The summed E-state index contributed by atoms with van der Waals surface area (Å²) in [7, 11) is 0. The zero-order valence-electron chi connectivity index (χ0n) is 19.0. The maximum absolute atomic E-state index is 6.19. The summed E-state index contributed by atoms with van der Waals surface area (Å²) < 4.78 is 6.19. The lowest BCUT2D eigenvalue weighted by atomic mass is 10.1. The van der Waals surface area contributed by atoms with Crippen LogP contribution in [0.2, 0.25) is 0 Å². The first-order chi connectivity index (χ1) is 15.6. The third kappa shape index (κ3) is 3.71. The van der Waals surface area contributed by atoms with Crippen LogP contribution in [0.1, 0.15) is 30.0 Å². The normalized spacial score (nSPS) is 20.9. The Morgan fingerprint density at radius 2 is 1.88 bits per heavy atom. The van der Waals surface area contributed by atoms with Crippen LogP contribution in [0.15, 0.2) is 28.9 Å². The third-order valence-corrected chi connectivity index (χ3v) is 7.35. The maximum atomic E-state index is 6.19. The van der Waals surface area contributed by atoms with Gasteiger partial charge in [-0.2, -0.15) is 0 Å². The summed E-state index contributed by atoms with van der Waals surface area (Å²) in [5, 5.41) is 3.68. The minimum absolute atomic E-state index is 0.366. The van der Waals surface area contributed by atoms with Crippen LogP contribution in [0, 0.1) is 13.8 Å². The number of nitrogens with zero attached hydrogens (tertiary/aromatic N) is 6. The van der Waals surface area contributed by atoms with Crippen molar-refractivity contribution in [3.8, 4) is 0 Å². The van der Waals surface area contributed by atoms with Crippen molar-refractivity contribution < 1.29 is 4.42 Å². The van der Waals surface area contributed by atoms with Gasteiger partial charge in [-0.3, -0.25) is 4.90 Å². The summed E-state index contributed by atoms with van der Waals surface area (Å²) in [6, 6.07) is 6.48. The molecule has 8 heteroatoms. The molecular weight excluding hydrogens is 402 g/mol. The number of piperazine rings is 2. The molecule has 0 bridgehead atoms. The standard InChI is InChI=1S/C24H31N7O/c1-17-18(2)25-16-26-23(17)30-11-9-29(10-12-30)14-22-28-20-4-3-19(13-21(20)32-22)31-8-7-27-24(15-31)5-6-24/h3-4,13,16,27H,5-12,14-15H2,1-2H3. The highest BCUT2D eigenvalue weighted by Crippen LogP contribution is 2.39. The fraction of sp³-hybridized carbons (Fsp3) is 0.542. The van der Waals surface area contributed by atoms with Gasteiger partial charge in [-0.15, -0.1) is 0 Å². The SMILES string of the molecule is Cc1ncnc(N2CCN(Cc3nc4ccc(N5CCNC6(CC6)C5)cc4o3)CC2)c1C. The summed E-state index contributed by atoms with van der Waals surface area (Å²) in [6.07, 6.45) is 4.26. The van der Waals surface area contributed by atoms with Crippen molar-refractivity contribution in [1.29, 1.82) is 0 Å². The number of benzene rings is 1. The summed E-state index contributed by atoms with van der Waals surface area (Å²) in [4.78, 5) is 20.8. The lowest BCUT2D eigenvalue weighted by Gasteiger charge is -2.35. The third-order valence-electron chi connectivity index (χ3n) is 7.35. The second-order valence-corrected chi connectivity index (χ2v) is 9.56. The van der Waals surface area contributed by atoms with Gasteiger partial charge in [-0.05, 0) is 38.8 Å². The molecule has 0 radical (unpaired) electrons. The Balaban J connectivity index is 1.11. The predicted octanol–water partition coefficient (Wildman–Crippen LogP) is 2.50. The van der Waals surface area contributed by atoms with Gasteiger partial charge in [0, 0.05) is 74.4 Å². The van der Waals surface area contributed by atoms with Crippen molar-refractivity contribution in [3.63, 3.8) is 0 Å². The van der Waals surface area contributed by atoms with E-state index < -0.39 is 0 Å². The first-order valence-corrected chi connectivity index (χ1v) is 11.7. The molecule has 0 atom stereocenters. The van der Waals surface area contributed by atoms with E-state index in [2.05, 4.69) is 55.1 Å². The molecule has 1 aliphatic carbocycles.